The highest BCUT2D eigenvalue weighted by molar-refractivity contribution is 9.10. The summed E-state index contributed by atoms with van der Waals surface area (Å²) in [5, 5.41) is 0.686. The second kappa shape index (κ2) is 5.20. The SMILES string of the molecule is Cn1c(-c2cc(Br)ccc2Cl)nc2cc(CN)ccc21. The number of aromatic nitrogens is 2. The summed E-state index contributed by atoms with van der Waals surface area (Å²) in [6.07, 6.45) is 0. The molecule has 20 heavy (non-hydrogen) atoms. The zero-order chi connectivity index (χ0) is 14.3. The predicted molar refractivity (Wildman–Crippen MR) is 86.8 cm³/mol. The van der Waals surface area contributed by atoms with Gasteiger partial charge in [0, 0.05) is 23.6 Å². The number of fused-ring (bicyclic) bond motifs is 1. The van der Waals surface area contributed by atoms with Crippen LogP contribution in [0.3, 0.4) is 0 Å². The molecule has 2 aromatic carbocycles. The van der Waals surface area contributed by atoms with Crippen molar-refractivity contribution >= 4 is 38.6 Å². The zero-order valence-corrected chi connectivity index (χ0v) is 13.2. The molecule has 3 rings (SSSR count). The Morgan fingerprint density at radius 1 is 1.25 bits per heavy atom. The van der Waals surface area contributed by atoms with Crippen LogP contribution < -0.4 is 5.73 Å². The van der Waals surface area contributed by atoms with Crippen molar-refractivity contribution in [3.05, 3.63) is 51.5 Å². The van der Waals surface area contributed by atoms with Crippen LogP contribution in [0.15, 0.2) is 40.9 Å². The lowest BCUT2D eigenvalue weighted by Gasteiger charge is -2.05. The van der Waals surface area contributed by atoms with Crippen molar-refractivity contribution in [2.45, 2.75) is 6.54 Å². The van der Waals surface area contributed by atoms with Gasteiger partial charge in [-0.1, -0.05) is 33.6 Å². The van der Waals surface area contributed by atoms with Crippen LogP contribution in [0.1, 0.15) is 5.56 Å². The fourth-order valence-corrected chi connectivity index (χ4v) is 2.85. The number of rotatable bonds is 2. The third-order valence-electron chi connectivity index (χ3n) is 3.35. The van der Waals surface area contributed by atoms with Crippen LogP contribution >= 0.6 is 27.5 Å². The van der Waals surface area contributed by atoms with E-state index in [1.807, 2.05) is 48.0 Å². The second-order valence-electron chi connectivity index (χ2n) is 4.65. The summed E-state index contributed by atoms with van der Waals surface area (Å²) < 4.78 is 3.02. The number of hydrogen-bond donors (Lipinski definition) is 1. The quantitative estimate of drug-likeness (QED) is 0.755. The maximum absolute atomic E-state index is 6.29. The Hall–Kier alpha value is -1.36. The fourth-order valence-electron chi connectivity index (χ4n) is 2.28. The first kappa shape index (κ1) is 13.6. The van der Waals surface area contributed by atoms with E-state index in [0.29, 0.717) is 11.6 Å². The van der Waals surface area contributed by atoms with Gasteiger partial charge in [0.15, 0.2) is 0 Å². The van der Waals surface area contributed by atoms with Crippen LogP contribution in [-0.4, -0.2) is 9.55 Å². The summed E-state index contributed by atoms with van der Waals surface area (Å²) >= 11 is 9.77. The van der Waals surface area contributed by atoms with Gasteiger partial charge in [-0.2, -0.15) is 0 Å². The van der Waals surface area contributed by atoms with Gasteiger partial charge in [-0.05, 0) is 35.9 Å². The van der Waals surface area contributed by atoms with Crippen LogP contribution in [0, 0.1) is 0 Å². The first-order valence-electron chi connectivity index (χ1n) is 6.21. The van der Waals surface area contributed by atoms with Crippen molar-refractivity contribution in [1.29, 1.82) is 0 Å². The maximum atomic E-state index is 6.29. The smallest absolute Gasteiger partial charge is 0.142 e. The van der Waals surface area contributed by atoms with Crippen molar-refractivity contribution in [2.75, 3.05) is 0 Å². The molecule has 0 amide bonds. The third-order valence-corrected chi connectivity index (χ3v) is 4.17. The maximum Gasteiger partial charge on any atom is 0.142 e. The summed E-state index contributed by atoms with van der Waals surface area (Å²) in [5.41, 5.74) is 9.66. The minimum atomic E-state index is 0.513. The third kappa shape index (κ3) is 2.24. The monoisotopic (exact) mass is 349 g/mol. The molecule has 102 valence electrons. The molecule has 0 radical (unpaired) electrons. The van der Waals surface area contributed by atoms with Gasteiger partial charge in [-0.25, -0.2) is 4.98 Å². The summed E-state index contributed by atoms with van der Waals surface area (Å²) in [5.74, 6) is 0.848. The molecular weight excluding hydrogens is 338 g/mol. The molecule has 1 aromatic heterocycles. The van der Waals surface area contributed by atoms with Crippen molar-refractivity contribution in [1.82, 2.24) is 9.55 Å². The van der Waals surface area contributed by atoms with Gasteiger partial charge in [-0.15, -0.1) is 0 Å². The van der Waals surface area contributed by atoms with E-state index in [2.05, 4.69) is 15.9 Å². The number of hydrogen-bond acceptors (Lipinski definition) is 2. The molecule has 0 saturated carbocycles. The van der Waals surface area contributed by atoms with Crippen molar-refractivity contribution in [3.8, 4) is 11.4 Å². The van der Waals surface area contributed by atoms with E-state index in [-0.39, 0.29) is 0 Å². The van der Waals surface area contributed by atoms with E-state index in [1.54, 1.807) is 0 Å². The summed E-state index contributed by atoms with van der Waals surface area (Å²) in [7, 11) is 1.99. The van der Waals surface area contributed by atoms with Gasteiger partial charge >= 0.3 is 0 Å². The van der Waals surface area contributed by atoms with Gasteiger partial charge in [0.1, 0.15) is 5.82 Å². The molecule has 0 bridgehead atoms. The molecular formula is C15H13BrClN3. The Bertz CT molecular complexity index is 795. The number of halogens is 2. The molecule has 5 heteroatoms. The highest BCUT2D eigenvalue weighted by Crippen LogP contribution is 2.32. The van der Waals surface area contributed by atoms with Gasteiger partial charge < -0.3 is 10.3 Å². The lowest BCUT2D eigenvalue weighted by atomic mass is 10.2. The van der Waals surface area contributed by atoms with Gasteiger partial charge in [0.2, 0.25) is 0 Å². The van der Waals surface area contributed by atoms with Crippen LogP contribution in [0.2, 0.25) is 5.02 Å². The molecule has 0 unspecified atom stereocenters. The van der Waals surface area contributed by atoms with Crippen LogP contribution in [0.5, 0.6) is 0 Å². The lowest BCUT2D eigenvalue weighted by Crippen LogP contribution is -1.96. The number of nitrogens with zero attached hydrogens (tertiary/aromatic N) is 2. The van der Waals surface area contributed by atoms with E-state index >= 15 is 0 Å². The molecule has 3 aromatic rings. The minimum Gasteiger partial charge on any atom is -0.327 e. The number of aryl methyl sites for hydroxylation is 1. The van der Waals surface area contributed by atoms with Crippen LogP contribution in [-0.2, 0) is 13.6 Å². The Balaban J connectivity index is 2.26. The van der Waals surface area contributed by atoms with Crippen LogP contribution in [0.4, 0.5) is 0 Å². The first-order chi connectivity index (χ1) is 9.60. The molecule has 1 heterocycles. The van der Waals surface area contributed by atoms with Crippen molar-refractivity contribution < 1.29 is 0 Å². The zero-order valence-electron chi connectivity index (χ0n) is 10.9. The van der Waals surface area contributed by atoms with Crippen LogP contribution in [0.25, 0.3) is 22.4 Å². The van der Waals surface area contributed by atoms with E-state index in [0.717, 1.165) is 32.5 Å². The highest BCUT2D eigenvalue weighted by Gasteiger charge is 2.13. The largest absolute Gasteiger partial charge is 0.327 e. The number of imidazole rings is 1. The molecule has 0 spiro atoms. The average molecular weight is 351 g/mol. The highest BCUT2D eigenvalue weighted by atomic mass is 79.9. The molecule has 0 saturated heterocycles. The van der Waals surface area contributed by atoms with Gasteiger partial charge in [-0.3, -0.25) is 0 Å². The van der Waals surface area contributed by atoms with Gasteiger partial charge in [0.05, 0.1) is 16.1 Å². The fraction of sp³-hybridized carbons (Fsp3) is 0.133. The average Bonchev–Trinajstić information content (AvgIpc) is 2.78. The first-order valence-corrected chi connectivity index (χ1v) is 7.38. The molecule has 0 fully saturated rings. The van der Waals surface area contributed by atoms with E-state index in [9.17, 15) is 0 Å². The Labute approximate surface area is 130 Å². The second-order valence-corrected chi connectivity index (χ2v) is 5.97. The number of benzene rings is 2. The number of nitrogens with two attached hydrogens (primary N) is 1. The van der Waals surface area contributed by atoms with E-state index in [1.165, 1.54) is 0 Å². The van der Waals surface area contributed by atoms with Crippen molar-refractivity contribution in [2.24, 2.45) is 12.8 Å². The molecule has 0 atom stereocenters. The standard InChI is InChI=1S/C15H13BrClN3/c1-20-14-5-2-9(8-18)6-13(14)19-15(20)11-7-10(16)3-4-12(11)17/h2-7H,8,18H2,1H3. The van der Waals surface area contributed by atoms with E-state index < -0.39 is 0 Å². The molecule has 2 N–H and O–H groups in total. The van der Waals surface area contributed by atoms with Crippen molar-refractivity contribution in [3.63, 3.8) is 0 Å². The summed E-state index contributed by atoms with van der Waals surface area (Å²) in [4.78, 5) is 4.70. The molecule has 0 aliphatic carbocycles. The summed E-state index contributed by atoms with van der Waals surface area (Å²) in [6.45, 7) is 0.513. The Morgan fingerprint density at radius 2 is 2.05 bits per heavy atom. The minimum absolute atomic E-state index is 0.513. The Morgan fingerprint density at radius 3 is 2.80 bits per heavy atom. The van der Waals surface area contributed by atoms with E-state index in [4.69, 9.17) is 22.3 Å². The molecule has 3 nitrogen and oxygen atoms in total. The summed E-state index contributed by atoms with van der Waals surface area (Å²) in [6, 6.07) is 11.8. The molecule has 0 aliphatic heterocycles. The predicted octanol–water partition coefficient (Wildman–Crippen LogP) is 4.11. The normalized spacial score (nSPS) is 11.2. The molecule has 0 aliphatic rings. The lowest BCUT2D eigenvalue weighted by molar-refractivity contribution is 0.959. The topological polar surface area (TPSA) is 43.8 Å². The Kier molecular flexibility index (Phi) is 3.54. The van der Waals surface area contributed by atoms with Gasteiger partial charge in [0.25, 0.3) is 0 Å².